The van der Waals surface area contributed by atoms with Crippen molar-refractivity contribution in [3.8, 4) is 0 Å². The lowest BCUT2D eigenvalue weighted by molar-refractivity contribution is -0.117. The molecule has 0 fully saturated rings. The maximum absolute atomic E-state index is 12.5. The summed E-state index contributed by atoms with van der Waals surface area (Å²) in [7, 11) is 0. The van der Waals surface area contributed by atoms with Crippen molar-refractivity contribution in [2.24, 2.45) is 4.99 Å². The third-order valence-electron chi connectivity index (χ3n) is 5.40. The molecule has 1 amide bonds. The van der Waals surface area contributed by atoms with E-state index in [0.29, 0.717) is 41.4 Å². The van der Waals surface area contributed by atoms with Crippen molar-refractivity contribution < 1.29 is 14.0 Å². The van der Waals surface area contributed by atoms with Gasteiger partial charge in [-0.1, -0.05) is 17.7 Å². The second-order valence-electron chi connectivity index (χ2n) is 7.94. The van der Waals surface area contributed by atoms with Gasteiger partial charge in [-0.25, -0.2) is 9.98 Å². The minimum atomic E-state index is -0.350. The molecule has 1 aliphatic heterocycles. The number of benzene rings is 1. The first-order valence-electron chi connectivity index (χ1n) is 10.7. The van der Waals surface area contributed by atoms with Crippen LogP contribution in [0.5, 0.6) is 0 Å². The van der Waals surface area contributed by atoms with Crippen molar-refractivity contribution in [1.82, 2.24) is 9.97 Å². The number of amides is 1. The highest BCUT2D eigenvalue weighted by molar-refractivity contribution is 6.34. The maximum atomic E-state index is 12.5. The molecule has 0 bridgehead atoms. The van der Waals surface area contributed by atoms with E-state index in [2.05, 4.69) is 20.3 Å². The monoisotopic (exact) mass is 470 g/mol. The van der Waals surface area contributed by atoms with Crippen molar-refractivity contribution in [2.75, 3.05) is 5.32 Å². The highest BCUT2D eigenvalue weighted by Crippen LogP contribution is 2.31. The van der Waals surface area contributed by atoms with Crippen molar-refractivity contribution in [3.63, 3.8) is 0 Å². The van der Waals surface area contributed by atoms with Crippen molar-refractivity contribution >= 4 is 40.5 Å². The minimum Gasteiger partial charge on any atom is -0.459 e. The van der Waals surface area contributed by atoms with Gasteiger partial charge in [0.1, 0.15) is 5.78 Å². The first-order valence-corrected chi connectivity index (χ1v) is 11.0. The summed E-state index contributed by atoms with van der Waals surface area (Å²) in [5, 5.41) is 3.33. The SMILES string of the molecule is O=C(Cc1cccnc1)Cc1cnc2c(c1)CC(c1cc(NC(=O)c3ccco3)ccc1Cl)=N2. The quantitative estimate of drug-likeness (QED) is 0.409. The van der Waals surface area contributed by atoms with Crippen LogP contribution in [-0.2, 0) is 24.1 Å². The van der Waals surface area contributed by atoms with E-state index in [9.17, 15) is 9.59 Å². The van der Waals surface area contributed by atoms with E-state index in [1.807, 2.05) is 18.2 Å². The molecule has 0 saturated heterocycles. The van der Waals surface area contributed by atoms with E-state index in [0.717, 1.165) is 22.4 Å². The number of carbonyl (C=O) groups excluding carboxylic acids is 2. The molecule has 1 aromatic carbocycles. The molecule has 3 aromatic heterocycles. The normalized spacial score (nSPS) is 12.2. The number of nitrogens with one attached hydrogen (secondary N) is 1. The van der Waals surface area contributed by atoms with Gasteiger partial charge >= 0.3 is 0 Å². The van der Waals surface area contributed by atoms with Crippen LogP contribution in [0, 0.1) is 0 Å². The van der Waals surface area contributed by atoms with Crippen LogP contribution in [0.1, 0.15) is 32.8 Å². The Morgan fingerprint density at radius 2 is 1.91 bits per heavy atom. The summed E-state index contributed by atoms with van der Waals surface area (Å²) in [4.78, 5) is 37.9. The Morgan fingerprint density at radius 3 is 2.71 bits per heavy atom. The summed E-state index contributed by atoms with van der Waals surface area (Å²) < 4.78 is 5.14. The van der Waals surface area contributed by atoms with Gasteiger partial charge in [-0.3, -0.25) is 14.6 Å². The second kappa shape index (κ2) is 9.41. The van der Waals surface area contributed by atoms with Gasteiger partial charge in [0.15, 0.2) is 11.6 Å². The number of Topliss-reactive ketones (excluding diaryl/α,β-unsaturated/α-hetero) is 1. The molecule has 168 valence electrons. The topological polar surface area (TPSA) is 97.5 Å². The van der Waals surface area contributed by atoms with Crippen LogP contribution < -0.4 is 5.32 Å². The number of furan rings is 1. The van der Waals surface area contributed by atoms with E-state index in [1.165, 1.54) is 6.26 Å². The molecule has 4 heterocycles. The summed E-state index contributed by atoms with van der Waals surface area (Å²) >= 11 is 6.45. The van der Waals surface area contributed by atoms with Crippen molar-refractivity contribution in [3.05, 3.63) is 106 Å². The van der Waals surface area contributed by atoms with Gasteiger partial charge in [-0.2, -0.15) is 0 Å². The third-order valence-corrected chi connectivity index (χ3v) is 5.73. The van der Waals surface area contributed by atoms with E-state index < -0.39 is 0 Å². The predicted molar refractivity (Wildman–Crippen MR) is 129 cm³/mol. The Labute approximate surface area is 200 Å². The minimum absolute atomic E-state index is 0.0944. The number of ketones is 1. The van der Waals surface area contributed by atoms with Crippen LogP contribution in [-0.4, -0.2) is 27.4 Å². The van der Waals surface area contributed by atoms with Gasteiger partial charge in [0.2, 0.25) is 0 Å². The Bertz CT molecular complexity index is 1400. The van der Waals surface area contributed by atoms with E-state index in [1.54, 1.807) is 48.9 Å². The fourth-order valence-electron chi connectivity index (χ4n) is 3.83. The van der Waals surface area contributed by atoms with Gasteiger partial charge in [0.05, 0.1) is 12.0 Å². The molecular weight excluding hydrogens is 452 g/mol. The molecule has 7 nitrogen and oxygen atoms in total. The Morgan fingerprint density at radius 1 is 1.03 bits per heavy atom. The average molecular weight is 471 g/mol. The molecule has 0 aliphatic carbocycles. The number of aromatic nitrogens is 2. The van der Waals surface area contributed by atoms with Crippen LogP contribution in [0.2, 0.25) is 5.02 Å². The fourth-order valence-corrected chi connectivity index (χ4v) is 4.06. The van der Waals surface area contributed by atoms with Gasteiger partial charge in [0, 0.05) is 59.7 Å². The lowest BCUT2D eigenvalue weighted by Crippen LogP contribution is -2.12. The molecule has 0 saturated carbocycles. The predicted octanol–water partition coefficient (Wildman–Crippen LogP) is 5.01. The molecule has 1 aliphatic rings. The van der Waals surface area contributed by atoms with Crippen LogP contribution in [0.4, 0.5) is 11.5 Å². The van der Waals surface area contributed by atoms with Crippen molar-refractivity contribution in [2.45, 2.75) is 19.3 Å². The number of nitrogens with zero attached hydrogens (tertiary/aromatic N) is 3. The molecule has 0 unspecified atom stereocenters. The molecule has 1 N–H and O–H groups in total. The molecule has 4 aromatic rings. The average Bonchev–Trinajstić information content (AvgIpc) is 3.51. The van der Waals surface area contributed by atoms with E-state index >= 15 is 0 Å². The summed E-state index contributed by atoms with van der Waals surface area (Å²) in [6.45, 7) is 0. The van der Waals surface area contributed by atoms with Gasteiger partial charge < -0.3 is 9.73 Å². The maximum Gasteiger partial charge on any atom is 0.291 e. The fraction of sp³-hybridized carbons (Fsp3) is 0.115. The number of halogens is 1. The van der Waals surface area contributed by atoms with Crippen LogP contribution in [0.3, 0.4) is 0 Å². The summed E-state index contributed by atoms with van der Waals surface area (Å²) in [5.74, 6) is 0.575. The van der Waals surface area contributed by atoms with E-state index in [4.69, 9.17) is 16.0 Å². The summed E-state index contributed by atoms with van der Waals surface area (Å²) in [6.07, 6.45) is 7.67. The number of aliphatic imine (C=N–C) groups is 1. The zero-order valence-corrected chi connectivity index (χ0v) is 18.7. The first kappa shape index (κ1) is 21.7. The van der Waals surface area contributed by atoms with Gasteiger partial charge in [0.25, 0.3) is 5.91 Å². The number of hydrogen-bond acceptors (Lipinski definition) is 6. The Kier molecular flexibility index (Phi) is 6.01. The first-order chi connectivity index (χ1) is 16.5. The molecule has 5 rings (SSSR count). The zero-order chi connectivity index (χ0) is 23.5. The second-order valence-corrected chi connectivity index (χ2v) is 8.35. The number of pyridine rings is 2. The smallest absolute Gasteiger partial charge is 0.291 e. The summed E-state index contributed by atoms with van der Waals surface area (Å²) in [6, 6.07) is 14.1. The molecule has 0 spiro atoms. The highest BCUT2D eigenvalue weighted by atomic mass is 35.5. The Balaban J connectivity index is 1.29. The lowest BCUT2D eigenvalue weighted by atomic mass is 10.0. The molecule has 8 heteroatoms. The molecular formula is C26H19ClN4O3. The molecule has 34 heavy (non-hydrogen) atoms. The highest BCUT2D eigenvalue weighted by Gasteiger charge is 2.21. The van der Waals surface area contributed by atoms with E-state index in [-0.39, 0.29) is 17.5 Å². The zero-order valence-electron chi connectivity index (χ0n) is 18.0. The molecule has 0 radical (unpaired) electrons. The van der Waals surface area contributed by atoms with Crippen LogP contribution in [0.25, 0.3) is 0 Å². The van der Waals surface area contributed by atoms with Crippen molar-refractivity contribution in [1.29, 1.82) is 0 Å². The lowest BCUT2D eigenvalue weighted by Gasteiger charge is -2.08. The number of rotatable bonds is 7. The number of carbonyl (C=O) groups is 2. The van der Waals surface area contributed by atoms with Crippen LogP contribution in [0.15, 0.2) is 82.8 Å². The molecule has 0 atom stereocenters. The number of hydrogen-bond donors (Lipinski definition) is 1. The Hall–Kier alpha value is -4.10. The van der Waals surface area contributed by atoms with Crippen LogP contribution >= 0.6 is 11.6 Å². The van der Waals surface area contributed by atoms with Gasteiger partial charge in [-0.05, 0) is 53.6 Å². The number of anilines is 1. The van der Waals surface area contributed by atoms with Gasteiger partial charge in [-0.15, -0.1) is 0 Å². The largest absolute Gasteiger partial charge is 0.459 e. The standard InChI is InChI=1S/C26H19ClN4O3/c27-22-6-5-19(30-26(33)24-4-2-8-34-24)13-21(22)23-12-18-9-17(15-29-25(18)31-23)11-20(32)10-16-3-1-7-28-14-16/h1-9,13-15H,10-12H2,(H,30,33). The third kappa shape index (κ3) is 4.79. The summed E-state index contributed by atoms with van der Waals surface area (Å²) in [5.41, 5.74) is 4.71. The number of fused-ring (bicyclic) bond motifs is 1.